The van der Waals surface area contributed by atoms with Gasteiger partial charge in [-0.15, -0.1) is 12.4 Å². The van der Waals surface area contributed by atoms with Crippen molar-refractivity contribution in [2.75, 3.05) is 23.3 Å². The number of nitrogens with zero attached hydrogens (tertiary/aromatic N) is 1. The maximum Gasteiger partial charge on any atom is 0.258 e. The average molecular weight is 402 g/mol. The van der Waals surface area contributed by atoms with E-state index >= 15 is 0 Å². The molecule has 0 fully saturated rings. The summed E-state index contributed by atoms with van der Waals surface area (Å²) >= 11 is 0. The molecule has 0 aromatic heterocycles. The standard InChI is InChI=1S/C22H27N3O2.ClH/c23-14-6-2-1-3-12-21(26)24-19-10-7-9-18(16-19)22(27)25-15-13-17-8-4-5-11-20(17)25;/h4-5,7-11,16H,1-3,6,12-15,23H2,(H,24,26);1H. The van der Waals surface area contributed by atoms with Crippen LogP contribution in [0.25, 0.3) is 0 Å². The second kappa shape index (κ2) is 10.8. The molecule has 150 valence electrons. The van der Waals surface area contributed by atoms with E-state index in [4.69, 9.17) is 5.73 Å². The van der Waals surface area contributed by atoms with E-state index in [0.29, 0.717) is 30.8 Å². The van der Waals surface area contributed by atoms with Crippen LogP contribution in [0.4, 0.5) is 11.4 Å². The van der Waals surface area contributed by atoms with E-state index in [1.54, 1.807) is 12.1 Å². The molecule has 1 aliphatic heterocycles. The average Bonchev–Trinajstić information content (AvgIpc) is 3.11. The van der Waals surface area contributed by atoms with Gasteiger partial charge < -0.3 is 16.0 Å². The first-order valence-corrected chi connectivity index (χ1v) is 9.69. The van der Waals surface area contributed by atoms with Gasteiger partial charge in [0.05, 0.1) is 0 Å². The minimum atomic E-state index is -0.0298. The van der Waals surface area contributed by atoms with Crippen LogP contribution in [-0.2, 0) is 11.2 Å². The number of nitrogens with two attached hydrogens (primary N) is 1. The van der Waals surface area contributed by atoms with Gasteiger partial charge >= 0.3 is 0 Å². The van der Waals surface area contributed by atoms with Crippen molar-refractivity contribution in [2.45, 2.75) is 38.5 Å². The van der Waals surface area contributed by atoms with Crippen LogP contribution in [0.2, 0.25) is 0 Å². The first kappa shape index (κ1) is 21.9. The van der Waals surface area contributed by atoms with Crippen molar-refractivity contribution < 1.29 is 9.59 Å². The van der Waals surface area contributed by atoms with Crippen LogP contribution in [0, 0.1) is 0 Å². The number of halogens is 1. The van der Waals surface area contributed by atoms with Gasteiger partial charge in [0.1, 0.15) is 0 Å². The third-order valence-corrected chi connectivity index (χ3v) is 4.88. The van der Waals surface area contributed by atoms with Crippen molar-refractivity contribution in [1.82, 2.24) is 0 Å². The second-order valence-corrected chi connectivity index (χ2v) is 6.92. The fourth-order valence-electron chi connectivity index (χ4n) is 3.44. The molecule has 0 saturated heterocycles. The molecule has 0 bridgehead atoms. The molecule has 2 amide bonds. The first-order valence-electron chi connectivity index (χ1n) is 9.69. The number of rotatable bonds is 8. The van der Waals surface area contributed by atoms with Gasteiger partial charge in [0, 0.05) is 29.9 Å². The van der Waals surface area contributed by atoms with Gasteiger partial charge in [-0.25, -0.2) is 0 Å². The monoisotopic (exact) mass is 401 g/mol. The van der Waals surface area contributed by atoms with Crippen molar-refractivity contribution in [1.29, 1.82) is 0 Å². The number of carbonyl (C=O) groups is 2. The number of benzene rings is 2. The number of para-hydroxylation sites is 1. The zero-order chi connectivity index (χ0) is 19.1. The van der Waals surface area contributed by atoms with Crippen molar-refractivity contribution in [3.63, 3.8) is 0 Å². The summed E-state index contributed by atoms with van der Waals surface area (Å²) in [5.74, 6) is -0.0447. The zero-order valence-corrected chi connectivity index (χ0v) is 16.8. The Kier molecular flexibility index (Phi) is 8.48. The molecular weight excluding hydrogens is 374 g/mol. The molecule has 3 N–H and O–H groups in total. The minimum Gasteiger partial charge on any atom is -0.330 e. The number of hydrogen-bond donors (Lipinski definition) is 2. The quantitative estimate of drug-likeness (QED) is 0.652. The topological polar surface area (TPSA) is 75.4 Å². The Bertz CT molecular complexity index is 810. The highest BCUT2D eigenvalue weighted by Crippen LogP contribution is 2.29. The lowest BCUT2D eigenvalue weighted by Gasteiger charge is -2.18. The van der Waals surface area contributed by atoms with Crippen LogP contribution in [0.15, 0.2) is 48.5 Å². The number of anilines is 2. The molecule has 1 aliphatic rings. The van der Waals surface area contributed by atoms with Crippen molar-refractivity contribution in [3.05, 3.63) is 59.7 Å². The van der Waals surface area contributed by atoms with Crippen LogP contribution in [-0.4, -0.2) is 24.9 Å². The van der Waals surface area contributed by atoms with Gasteiger partial charge in [0.25, 0.3) is 5.91 Å². The molecule has 2 aromatic carbocycles. The van der Waals surface area contributed by atoms with Crippen LogP contribution >= 0.6 is 12.4 Å². The Labute approximate surface area is 172 Å². The third-order valence-electron chi connectivity index (χ3n) is 4.88. The van der Waals surface area contributed by atoms with Crippen LogP contribution in [0.5, 0.6) is 0 Å². The van der Waals surface area contributed by atoms with Gasteiger partial charge in [0.15, 0.2) is 0 Å². The molecule has 0 aliphatic carbocycles. The highest BCUT2D eigenvalue weighted by Gasteiger charge is 2.25. The number of fused-ring (bicyclic) bond motifs is 1. The molecule has 6 heteroatoms. The van der Waals surface area contributed by atoms with E-state index in [0.717, 1.165) is 37.8 Å². The van der Waals surface area contributed by atoms with E-state index in [2.05, 4.69) is 11.4 Å². The minimum absolute atomic E-state index is 0. The maximum absolute atomic E-state index is 12.9. The van der Waals surface area contributed by atoms with E-state index in [1.807, 2.05) is 35.2 Å². The molecule has 0 saturated carbocycles. The van der Waals surface area contributed by atoms with Gasteiger partial charge in [-0.05, 0) is 55.6 Å². The SMILES string of the molecule is Cl.NCCCCCCC(=O)Nc1cccc(C(=O)N2CCc3ccccc32)c1. The number of hydrogen-bond acceptors (Lipinski definition) is 3. The molecule has 3 rings (SSSR count). The van der Waals surface area contributed by atoms with Crippen LogP contribution < -0.4 is 16.0 Å². The fourth-order valence-corrected chi connectivity index (χ4v) is 3.44. The number of unbranched alkanes of at least 4 members (excludes halogenated alkanes) is 3. The Morgan fingerprint density at radius 2 is 1.79 bits per heavy atom. The summed E-state index contributed by atoms with van der Waals surface area (Å²) in [5.41, 5.74) is 8.91. The van der Waals surface area contributed by atoms with Gasteiger partial charge in [-0.1, -0.05) is 37.1 Å². The van der Waals surface area contributed by atoms with Crippen molar-refractivity contribution in [3.8, 4) is 0 Å². The van der Waals surface area contributed by atoms with Gasteiger partial charge in [-0.3, -0.25) is 9.59 Å². The lowest BCUT2D eigenvalue weighted by atomic mass is 10.1. The molecule has 0 atom stereocenters. The zero-order valence-electron chi connectivity index (χ0n) is 16.0. The van der Waals surface area contributed by atoms with Gasteiger partial charge in [-0.2, -0.15) is 0 Å². The van der Waals surface area contributed by atoms with Crippen molar-refractivity contribution >= 4 is 35.6 Å². The summed E-state index contributed by atoms with van der Waals surface area (Å²) in [4.78, 5) is 26.9. The molecule has 28 heavy (non-hydrogen) atoms. The summed E-state index contributed by atoms with van der Waals surface area (Å²) in [7, 11) is 0. The lowest BCUT2D eigenvalue weighted by Crippen LogP contribution is -2.28. The lowest BCUT2D eigenvalue weighted by molar-refractivity contribution is -0.116. The molecule has 2 aromatic rings. The third kappa shape index (κ3) is 5.57. The Hall–Kier alpha value is -2.37. The summed E-state index contributed by atoms with van der Waals surface area (Å²) in [5, 5.41) is 2.90. The Morgan fingerprint density at radius 1 is 1.00 bits per heavy atom. The number of nitrogens with one attached hydrogen (secondary N) is 1. The largest absolute Gasteiger partial charge is 0.330 e. The fraction of sp³-hybridized carbons (Fsp3) is 0.364. The van der Waals surface area contributed by atoms with Crippen molar-refractivity contribution in [2.24, 2.45) is 5.73 Å². The second-order valence-electron chi connectivity index (χ2n) is 6.92. The highest BCUT2D eigenvalue weighted by atomic mass is 35.5. The molecule has 0 spiro atoms. The summed E-state index contributed by atoms with van der Waals surface area (Å²) < 4.78 is 0. The summed E-state index contributed by atoms with van der Waals surface area (Å²) in [6.07, 6.45) is 5.30. The first-order chi connectivity index (χ1) is 13.2. The molecule has 0 unspecified atom stereocenters. The van der Waals surface area contributed by atoms with Gasteiger partial charge in [0.2, 0.25) is 5.91 Å². The van der Waals surface area contributed by atoms with E-state index in [-0.39, 0.29) is 24.2 Å². The normalized spacial score (nSPS) is 12.2. The van der Waals surface area contributed by atoms with E-state index in [1.165, 1.54) is 5.56 Å². The molecular formula is C22H28ClN3O2. The summed E-state index contributed by atoms with van der Waals surface area (Å²) in [6.45, 7) is 1.39. The Balaban J connectivity index is 0.00000280. The Morgan fingerprint density at radius 3 is 2.61 bits per heavy atom. The summed E-state index contributed by atoms with van der Waals surface area (Å²) in [6, 6.07) is 15.2. The van der Waals surface area contributed by atoms with E-state index < -0.39 is 0 Å². The molecule has 1 heterocycles. The predicted octanol–water partition coefficient (Wildman–Crippen LogP) is 4.16. The number of amides is 2. The van der Waals surface area contributed by atoms with Crippen LogP contribution in [0.3, 0.4) is 0 Å². The smallest absolute Gasteiger partial charge is 0.258 e. The highest BCUT2D eigenvalue weighted by molar-refractivity contribution is 6.08. The molecule has 0 radical (unpaired) electrons. The maximum atomic E-state index is 12.9. The van der Waals surface area contributed by atoms with Crippen LogP contribution in [0.1, 0.15) is 48.0 Å². The van der Waals surface area contributed by atoms with E-state index in [9.17, 15) is 9.59 Å². The predicted molar refractivity (Wildman–Crippen MR) is 116 cm³/mol. The number of carbonyl (C=O) groups excluding carboxylic acids is 2. The molecule has 5 nitrogen and oxygen atoms in total.